The van der Waals surface area contributed by atoms with Gasteiger partial charge in [-0.3, -0.25) is 9.69 Å². The summed E-state index contributed by atoms with van der Waals surface area (Å²) in [5, 5.41) is 5.58. The molecule has 3 aromatic rings. The number of hydrogen-bond acceptors (Lipinski definition) is 4. The Morgan fingerprint density at radius 1 is 1.00 bits per heavy atom. The fourth-order valence-electron chi connectivity index (χ4n) is 4.55. The first-order chi connectivity index (χ1) is 15.3. The molecule has 32 heavy (non-hydrogen) atoms. The van der Waals surface area contributed by atoms with Crippen LogP contribution >= 0.6 is 0 Å². The van der Waals surface area contributed by atoms with E-state index in [2.05, 4.69) is 59.6 Å². The predicted octanol–water partition coefficient (Wildman–Crippen LogP) is 4.33. The van der Waals surface area contributed by atoms with E-state index in [0.717, 1.165) is 31.5 Å². The molecule has 1 aliphatic heterocycles. The maximum atomic E-state index is 12.7. The van der Waals surface area contributed by atoms with Crippen LogP contribution in [0.2, 0.25) is 0 Å². The lowest BCUT2D eigenvalue weighted by molar-refractivity contribution is -0.126. The summed E-state index contributed by atoms with van der Waals surface area (Å²) < 4.78 is 23.1. The zero-order chi connectivity index (χ0) is 22.7. The number of carbonyl (C=O) groups excluding carboxylic acids is 1. The zero-order valence-corrected chi connectivity index (χ0v) is 19.4. The first kappa shape index (κ1) is 22.5. The minimum Gasteiger partial charge on any atom is -0.352 e. The second-order valence-electron chi connectivity index (χ2n) is 8.69. The lowest BCUT2D eigenvalue weighted by Gasteiger charge is -2.36. The third-order valence-electron chi connectivity index (χ3n) is 6.54. The Bertz CT molecular complexity index is 1190. The number of nitrogens with zero attached hydrogens (tertiary/aromatic N) is 1. The Hall–Kier alpha value is -2.70. The Kier molecular flexibility index (Phi) is 6.63. The van der Waals surface area contributed by atoms with E-state index in [9.17, 15) is 13.2 Å². The molecule has 5 nitrogen and oxygen atoms in total. The summed E-state index contributed by atoms with van der Waals surface area (Å²) >= 11 is 0. The summed E-state index contributed by atoms with van der Waals surface area (Å²) in [5.41, 5.74) is 2.23. The molecule has 1 unspecified atom stereocenters. The van der Waals surface area contributed by atoms with Crippen molar-refractivity contribution in [2.75, 3.05) is 19.3 Å². The molecule has 1 fully saturated rings. The van der Waals surface area contributed by atoms with Crippen molar-refractivity contribution in [2.24, 2.45) is 5.92 Å². The summed E-state index contributed by atoms with van der Waals surface area (Å²) in [6.45, 7) is 4.45. The number of rotatable bonds is 6. The molecule has 3 aromatic carbocycles. The minimum absolute atomic E-state index is 0.0151. The molecule has 0 aromatic heterocycles. The maximum absolute atomic E-state index is 12.7. The number of sulfone groups is 1. The SMILES string of the molecule is CC(c1cccc2ccccc12)N1CCC(C(=O)NCc2ccc(S(C)(=O)=O)cc2)CC1. The quantitative estimate of drug-likeness (QED) is 0.607. The molecule has 0 bridgehead atoms. The van der Waals surface area contributed by atoms with Gasteiger partial charge in [0.05, 0.1) is 4.90 Å². The summed E-state index contributed by atoms with van der Waals surface area (Å²) in [7, 11) is -3.20. The lowest BCUT2D eigenvalue weighted by atomic mass is 9.92. The molecular formula is C26H30N2O3S. The second kappa shape index (κ2) is 9.43. The fourth-order valence-corrected chi connectivity index (χ4v) is 5.18. The van der Waals surface area contributed by atoms with E-state index in [1.807, 2.05) is 0 Å². The van der Waals surface area contributed by atoms with Crippen molar-refractivity contribution < 1.29 is 13.2 Å². The maximum Gasteiger partial charge on any atom is 0.223 e. The normalized spacial score (nSPS) is 16.7. The smallest absolute Gasteiger partial charge is 0.223 e. The van der Waals surface area contributed by atoms with Crippen LogP contribution in [0.25, 0.3) is 10.8 Å². The van der Waals surface area contributed by atoms with Crippen molar-refractivity contribution in [3.63, 3.8) is 0 Å². The minimum atomic E-state index is -3.20. The van der Waals surface area contributed by atoms with Crippen molar-refractivity contribution >= 4 is 26.5 Å². The van der Waals surface area contributed by atoms with Crippen molar-refractivity contribution in [3.8, 4) is 0 Å². The van der Waals surface area contributed by atoms with Gasteiger partial charge in [-0.1, -0.05) is 54.6 Å². The monoisotopic (exact) mass is 450 g/mol. The first-order valence-electron chi connectivity index (χ1n) is 11.1. The fraction of sp³-hybridized carbons (Fsp3) is 0.346. The average Bonchev–Trinajstić information content (AvgIpc) is 2.81. The molecule has 1 heterocycles. The molecule has 0 radical (unpaired) electrons. The third kappa shape index (κ3) is 5.03. The van der Waals surface area contributed by atoms with Gasteiger partial charge in [0.1, 0.15) is 0 Å². The number of nitrogens with one attached hydrogen (secondary N) is 1. The number of benzene rings is 3. The van der Waals surface area contributed by atoms with Crippen LogP contribution < -0.4 is 5.32 Å². The van der Waals surface area contributed by atoms with E-state index >= 15 is 0 Å². The second-order valence-corrected chi connectivity index (χ2v) is 10.7. The highest BCUT2D eigenvalue weighted by Gasteiger charge is 2.28. The number of carbonyl (C=O) groups is 1. The van der Waals surface area contributed by atoms with Crippen LogP contribution in [0.3, 0.4) is 0 Å². The van der Waals surface area contributed by atoms with E-state index in [1.54, 1.807) is 24.3 Å². The van der Waals surface area contributed by atoms with Crippen molar-refractivity contribution in [1.82, 2.24) is 10.2 Å². The number of amides is 1. The number of likely N-dealkylation sites (tertiary alicyclic amines) is 1. The van der Waals surface area contributed by atoms with Gasteiger partial charge in [0, 0.05) is 24.8 Å². The molecule has 0 spiro atoms. The summed E-state index contributed by atoms with van der Waals surface area (Å²) in [4.78, 5) is 15.5. The topological polar surface area (TPSA) is 66.5 Å². The van der Waals surface area contributed by atoms with Gasteiger partial charge < -0.3 is 5.32 Å². The summed E-state index contributed by atoms with van der Waals surface area (Å²) in [6, 6.07) is 22.0. The van der Waals surface area contributed by atoms with Crippen molar-refractivity contribution in [3.05, 3.63) is 77.9 Å². The Morgan fingerprint density at radius 2 is 1.66 bits per heavy atom. The predicted molar refractivity (Wildman–Crippen MR) is 128 cm³/mol. The third-order valence-corrected chi connectivity index (χ3v) is 7.67. The van der Waals surface area contributed by atoms with Crippen molar-refractivity contribution in [1.29, 1.82) is 0 Å². The van der Waals surface area contributed by atoms with Crippen LogP contribution in [0.15, 0.2) is 71.6 Å². The molecule has 1 amide bonds. The lowest BCUT2D eigenvalue weighted by Crippen LogP contribution is -2.41. The molecule has 6 heteroatoms. The van der Waals surface area contributed by atoms with Crippen LogP contribution in [0.5, 0.6) is 0 Å². The number of fused-ring (bicyclic) bond motifs is 1. The molecule has 0 aliphatic carbocycles. The van der Waals surface area contributed by atoms with Crippen LogP contribution in [0.4, 0.5) is 0 Å². The largest absolute Gasteiger partial charge is 0.352 e. The van der Waals surface area contributed by atoms with Gasteiger partial charge in [0.15, 0.2) is 9.84 Å². The molecule has 4 rings (SSSR count). The van der Waals surface area contributed by atoms with Gasteiger partial charge in [0.25, 0.3) is 0 Å². The van der Waals surface area contributed by atoms with Crippen LogP contribution in [0, 0.1) is 5.92 Å². The van der Waals surface area contributed by atoms with E-state index in [-0.39, 0.29) is 11.8 Å². The molecule has 0 saturated carbocycles. The van der Waals surface area contributed by atoms with E-state index in [4.69, 9.17) is 0 Å². The standard InChI is InChI=1S/C26H30N2O3S/c1-19(24-9-5-7-21-6-3-4-8-25(21)24)28-16-14-22(15-17-28)26(29)27-18-20-10-12-23(13-11-20)32(2,30)31/h3-13,19,22H,14-18H2,1-2H3,(H,27,29). The number of hydrogen-bond donors (Lipinski definition) is 1. The molecule has 1 atom stereocenters. The van der Waals surface area contributed by atoms with Gasteiger partial charge in [-0.15, -0.1) is 0 Å². The van der Waals surface area contributed by atoms with Gasteiger partial charge in [-0.05, 0) is 66.9 Å². The Labute approximate surface area is 190 Å². The molecule has 1 saturated heterocycles. The van der Waals surface area contributed by atoms with E-state index < -0.39 is 9.84 Å². The van der Waals surface area contributed by atoms with Gasteiger partial charge >= 0.3 is 0 Å². The van der Waals surface area contributed by atoms with E-state index in [1.165, 1.54) is 22.6 Å². The highest BCUT2D eigenvalue weighted by Crippen LogP contribution is 2.31. The van der Waals surface area contributed by atoms with Crippen LogP contribution in [0.1, 0.15) is 36.9 Å². The molecule has 168 valence electrons. The van der Waals surface area contributed by atoms with Gasteiger partial charge in [-0.2, -0.15) is 0 Å². The first-order valence-corrected chi connectivity index (χ1v) is 13.0. The highest BCUT2D eigenvalue weighted by molar-refractivity contribution is 7.90. The Morgan fingerprint density at radius 3 is 2.34 bits per heavy atom. The number of piperidine rings is 1. The van der Waals surface area contributed by atoms with Gasteiger partial charge in [0.2, 0.25) is 5.91 Å². The van der Waals surface area contributed by atoms with Crippen LogP contribution in [-0.4, -0.2) is 38.6 Å². The molecular weight excluding hydrogens is 420 g/mol. The Balaban J connectivity index is 1.31. The molecule has 1 N–H and O–H groups in total. The summed E-state index contributed by atoms with van der Waals surface area (Å²) in [5.74, 6) is 0.0934. The van der Waals surface area contributed by atoms with Gasteiger partial charge in [-0.25, -0.2) is 8.42 Å². The highest BCUT2D eigenvalue weighted by atomic mass is 32.2. The summed E-state index contributed by atoms with van der Waals surface area (Å²) in [6.07, 6.45) is 2.87. The average molecular weight is 451 g/mol. The van der Waals surface area contributed by atoms with Crippen molar-refractivity contribution in [2.45, 2.75) is 37.2 Å². The van der Waals surface area contributed by atoms with E-state index in [0.29, 0.717) is 17.5 Å². The molecule has 1 aliphatic rings. The van der Waals surface area contributed by atoms with Crippen LogP contribution in [-0.2, 0) is 21.2 Å². The zero-order valence-electron chi connectivity index (χ0n) is 18.6.